The second kappa shape index (κ2) is 5.02. The van der Waals surface area contributed by atoms with Gasteiger partial charge in [0.15, 0.2) is 12.1 Å². The fourth-order valence-electron chi connectivity index (χ4n) is 2.68. The number of rotatable bonds is 1. The molecule has 0 bridgehead atoms. The molecule has 21 heavy (non-hydrogen) atoms. The molecule has 3 rings (SSSR count). The van der Waals surface area contributed by atoms with Crippen LogP contribution in [0.4, 0.5) is 0 Å². The minimum atomic E-state index is -0.0597. The van der Waals surface area contributed by atoms with Crippen LogP contribution in [0.15, 0.2) is 35.3 Å². The lowest BCUT2D eigenvalue weighted by Gasteiger charge is -2.30. The Kier molecular flexibility index (Phi) is 3.32. The first-order chi connectivity index (χ1) is 9.95. The number of fused-ring (bicyclic) bond motifs is 1. The normalized spacial score (nSPS) is 14.9. The van der Waals surface area contributed by atoms with Crippen molar-refractivity contribution < 1.29 is 9.21 Å². The largest absolute Gasteiger partial charge is 0.451 e. The van der Waals surface area contributed by atoms with Crippen LogP contribution in [0.25, 0.3) is 0 Å². The summed E-state index contributed by atoms with van der Waals surface area (Å²) in [6.45, 7) is 7.99. The molecule has 1 aromatic carbocycles. The molecule has 0 N–H and O–H groups in total. The number of oxazole rings is 1. The second-order valence-corrected chi connectivity index (χ2v) is 6.58. The lowest BCUT2D eigenvalue weighted by atomic mass is 9.84. The summed E-state index contributed by atoms with van der Waals surface area (Å²) in [4.78, 5) is 18.1. The predicted octanol–water partition coefficient (Wildman–Crippen LogP) is 3.17. The van der Waals surface area contributed by atoms with Crippen molar-refractivity contribution in [1.29, 1.82) is 0 Å². The highest BCUT2D eigenvalue weighted by molar-refractivity contribution is 5.92. The molecule has 1 aromatic heterocycles. The molecular weight excluding hydrogens is 264 g/mol. The summed E-state index contributed by atoms with van der Waals surface area (Å²) in [6, 6.07) is 6.64. The minimum absolute atomic E-state index is 0.0597. The third kappa shape index (κ3) is 2.71. The third-order valence-electron chi connectivity index (χ3n) is 4.02. The Morgan fingerprint density at radius 2 is 2.10 bits per heavy atom. The van der Waals surface area contributed by atoms with E-state index < -0.39 is 0 Å². The maximum atomic E-state index is 12.4. The number of hydrogen-bond acceptors (Lipinski definition) is 3. The molecule has 1 aliphatic heterocycles. The van der Waals surface area contributed by atoms with Crippen LogP contribution in [0.1, 0.15) is 48.0 Å². The van der Waals surface area contributed by atoms with Crippen molar-refractivity contribution >= 4 is 5.91 Å². The molecule has 0 unspecified atom stereocenters. The van der Waals surface area contributed by atoms with Crippen LogP contribution in [-0.4, -0.2) is 22.3 Å². The van der Waals surface area contributed by atoms with Crippen LogP contribution in [0.3, 0.4) is 0 Å². The standard InChI is InChI=1S/C17H20N2O2/c1-17(2,3)14-5-4-12-6-7-19(9-13(12)8-14)16(20)15-10-21-11-18-15/h4-5,8,10-11H,6-7,9H2,1-3H3. The summed E-state index contributed by atoms with van der Waals surface area (Å²) >= 11 is 0. The van der Waals surface area contributed by atoms with E-state index in [1.54, 1.807) is 0 Å². The van der Waals surface area contributed by atoms with Crippen molar-refractivity contribution in [2.75, 3.05) is 6.54 Å². The summed E-state index contributed by atoms with van der Waals surface area (Å²) in [5.41, 5.74) is 4.38. The van der Waals surface area contributed by atoms with E-state index in [0.717, 1.165) is 13.0 Å². The van der Waals surface area contributed by atoms with Crippen LogP contribution in [0.5, 0.6) is 0 Å². The molecule has 0 saturated carbocycles. The van der Waals surface area contributed by atoms with E-state index in [1.165, 1.54) is 29.3 Å². The smallest absolute Gasteiger partial charge is 0.276 e. The number of benzene rings is 1. The summed E-state index contributed by atoms with van der Waals surface area (Å²) in [5.74, 6) is -0.0597. The summed E-state index contributed by atoms with van der Waals surface area (Å²) < 4.78 is 4.90. The van der Waals surface area contributed by atoms with Gasteiger partial charge >= 0.3 is 0 Å². The average Bonchev–Trinajstić information content (AvgIpc) is 2.98. The molecule has 1 amide bonds. The van der Waals surface area contributed by atoms with E-state index in [4.69, 9.17) is 4.42 Å². The zero-order valence-electron chi connectivity index (χ0n) is 12.7. The van der Waals surface area contributed by atoms with Crippen LogP contribution < -0.4 is 0 Å². The molecule has 0 fully saturated rings. The van der Waals surface area contributed by atoms with Gasteiger partial charge in [-0.3, -0.25) is 4.79 Å². The predicted molar refractivity (Wildman–Crippen MR) is 80.1 cm³/mol. The van der Waals surface area contributed by atoms with Crippen molar-refractivity contribution in [3.8, 4) is 0 Å². The summed E-state index contributed by atoms with van der Waals surface area (Å²) in [6.07, 6.45) is 3.59. The molecule has 4 nitrogen and oxygen atoms in total. The molecule has 110 valence electrons. The highest BCUT2D eigenvalue weighted by atomic mass is 16.3. The Morgan fingerprint density at radius 3 is 2.76 bits per heavy atom. The van der Waals surface area contributed by atoms with Gasteiger partial charge in [0.2, 0.25) is 0 Å². The van der Waals surface area contributed by atoms with Gasteiger partial charge < -0.3 is 9.32 Å². The van der Waals surface area contributed by atoms with E-state index in [1.807, 2.05) is 4.90 Å². The molecule has 0 aliphatic carbocycles. The monoisotopic (exact) mass is 284 g/mol. The van der Waals surface area contributed by atoms with E-state index in [2.05, 4.69) is 44.0 Å². The fraction of sp³-hybridized carbons (Fsp3) is 0.412. The topological polar surface area (TPSA) is 46.3 Å². The first-order valence-corrected chi connectivity index (χ1v) is 7.25. The van der Waals surface area contributed by atoms with Gasteiger partial charge in [-0.15, -0.1) is 0 Å². The van der Waals surface area contributed by atoms with Crippen molar-refractivity contribution in [3.63, 3.8) is 0 Å². The number of aromatic nitrogens is 1. The van der Waals surface area contributed by atoms with Crippen molar-refractivity contribution in [1.82, 2.24) is 9.88 Å². The average molecular weight is 284 g/mol. The second-order valence-electron chi connectivity index (χ2n) is 6.58. The van der Waals surface area contributed by atoms with Gasteiger partial charge in [0.1, 0.15) is 6.26 Å². The maximum Gasteiger partial charge on any atom is 0.276 e. The molecule has 0 saturated heterocycles. The Labute approximate surface area is 124 Å². The van der Waals surface area contributed by atoms with Crippen molar-refractivity contribution in [3.05, 3.63) is 53.2 Å². The minimum Gasteiger partial charge on any atom is -0.451 e. The van der Waals surface area contributed by atoms with Crippen LogP contribution in [-0.2, 0) is 18.4 Å². The molecule has 0 atom stereocenters. The van der Waals surface area contributed by atoms with Gasteiger partial charge in [0.25, 0.3) is 5.91 Å². The number of nitrogens with zero attached hydrogens (tertiary/aromatic N) is 2. The lowest BCUT2D eigenvalue weighted by Crippen LogP contribution is -2.36. The molecule has 4 heteroatoms. The van der Waals surface area contributed by atoms with E-state index >= 15 is 0 Å². The Hall–Kier alpha value is -2.10. The van der Waals surface area contributed by atoms with Gasteiger partial charge in [-0.05, 0) is 28.5 Å². The zero-order chi connectivity index (χ0) is 15.0. The number of hydrogen-bond donors (Lipinski definition) is 0. The Morgan fingerprint density at radius 1 is 1.29 bits per heavy atom. The first-order valence-electron chi connectivity index (χ1n) is 7.25. The van der Waals surface area contributed by atoms with Gasteiger partial charge in [0.05, 0.1) is 0 Å². The molecule has 1 aliphatic rings. The third-order valence-corrected chi connectivity index (χ3v) is 4.02. The van der Waals surface area contributed by atoms with Gasteiger partial charge in [0, 0.05) is 13.1 Å². The molecule has 2 heterocycles. The molecular formula is C17H20N2O2. The van der Waals surface area contributed by atoms with Crippen LogP contribution >= 0.6 is 0 Å². The Balaban J connectivity index is 1.86. The van der Waals surface area contributed by atoms with E-state index in [0.29, 0.717) is 12.2 Å². The summed E-state index contributed by atoms with van der Waals surface area (Å²) in [5, 5.41) is 0. The molecule has 0 spiro atoms. The van der Waals surface area contributed by atoms with Crippen molar-refractivity contribution in [2.24, 2.45) is 0 Å². The zero-order valence-corrected chi connectivity index (χ0v) is 12.7. The Bertz CT molecular complexity index is 654. The number of carbonyl (C=O) groups excluding carboxylic acids is 1. The highest BCUT2D eigenvalue weighted by Gasteiger charge is 2.24. The van der Waals surface area contributed by atoms with Gasteiger partial charge in [-0.2, -0.15) is 0 Å². The number of carbonyl (C=O) groups is 1. The summed E-state index contributed by atoms with van der Waals surface area (Å²) in [7, 11) is 0. The van der Waals surface area contributed by atoms with Crippen LogP contribution in [0.2, 0.25) is 0 Å². The highest BCUT2D eigenvalue weighted by Crippen LogP contribution is 2.28. The lowest BCUT2D eigenvalue weighted by molar-refractivity contribution is 0.0728. The van der Waals surface area contributed by atoms with Gasteiger partial charge in [-0.1, -0.05) is 39.0 Å². The van der Waals surface area contributed by atoms with E-state index in [-0.39, 0.29) is 11.3 Å². The molecule has 2 aromatic rings. The number of amides is 1. The van der Waals surface area contributed by atoms with Crippen LogP contribution in [0, 0.1) is 0 Å². The van der Waals surface area contributed by atoms with Gasteiger partial charge in [-0.25, -0.2) is 4.98 Å². The SMILES string of the molecule is CC(C)(C)c1ccc2c(c1)CN(C(=O)c1cocn1)CC2. The van der Waals surface area contributed by atoms with Crippen molar-refractivity contribution in [2.45, 2.75) is 39.2 Å². The fourth-order valence-corrected chi connectivity index (χ4v) is 2.68. The maximum absolute atomic E-state index is 12.4. The first kappa shape index (κ1) is 13.9. The van der Waals surface area contributed by atoms with E-state index in [9.17, 15) is 4.79 Å². The molecule has 0 radical (unpaired) electrons. The quantitative estimate of drug-likeness (QED) is 0.808.